The topological polar surface area (TPSA) is 98.7 Å². The lowest BCUT2D eigenvalue weighted by Crippen LogP contribution is -2.27. The van der Waals surface area contributed by atoms with Gasteiger partial charge in [-0.05, 0) is 17.7 Å². The van der Waals surface area contributed by atoms with Crippen LogP contribution >= 0.6 is 0 Å². The maximum absolute atomic E-state index is 11.2. The van der Waals surface area contributed by atoms with Crippen LogP contribution in [0.5, 0.6) is 5.75 Å². The Labute approximate surface area is 113 Å². The Bertz CT molecular complexity index is 529. The van der Waals surface area contributed by atoms with Crippen LogP contribution in [0.15, 0.2) is 18.2 Å². The highest BCUT2D eigenvalue weighted by Gasteiger charge is 2.13. The molecule has 0 radical (unpaired) electrons. The zero-order valence-corrected chi connectivity index (χ0v) is 12.0. The average Bonchev–Trinajstić information content (AvgIpc) is 2.27. The fourth-order valence-corrected chi connectivity index (χ4v) is 2.07. The van der Waals surface area contributed by atoms with Gasteiger partial charge in [-0.2, -0.15) is 0 Å². The fourth-order valence-electron chi connectivity index (χ4n) is 1.51. The highest BCUT2D eigenvalue weighted by molar-refractivity contribution is 7.92. The molecular weight excluding hydrogens is 268 g/mol. The number of phenolic OH excluding ortho intramolecular Hbond substituents is 1. The van der Waals surface area contributed by atoms with Gasteiger partial charge in [0.15, 0.2) is 0 Å². The molecule has 108 valence electrons. The third-order valence-corrected chi connectivity index (χ3v) is 3.01. The first kappa shape index (κ1) is 15.7. The van der Waals surface area contributed by atoms with Gasteiger partial charge in [-0.3, -0.25) is 4.72 Å². The number of aliphatic hydroxyl groups excluding tert-OH is 1. The Morgan fingerprint density at radius 3 is 2.47 bits per heavy atom. The van der Waals surface area contributed by atoms with Gasteiger partial charge in [0.1, 0.15) is 5.75 Å². The summed E-state index contributed by atoms with van der Waals surface area (Å²) in [5, 5.41) is 22.6. The molecule has 1 rings (SSSR count). The van der Waals surface area contributed by atoms with Crippen molar-refractivity contribution in [2.24, 2.45) is 0 Å². The van der Waals surface area contributed by atoms with Gasteiger partial charge in [0.05, 0.1) is 18.0 Å². The summed E-state index contributed by atoms with van der Waals surface area (Å²) < 4.78 is 24.5. The van der Waals surface area contributed by atoms with E-state index in [1.807, 2.05) is 13.8 Å². The molecule has 0 aliphatic rings. The molecule has 1 aromatic rings. The van der Waals surface area contributed by atoms with E-state index in [1.54, 1.807) is 6.07 Å². The summed E-state index contributed by atoms with van der Waals surface area (Å²) in [5.41, 5.74) is 0.584. The van der Waals surface area contributed by atoms with E-state index in [9.17, 15) is 18.6 Å². The number of nitrogens with one attached hydrogen (secondary N) is 2. The summed E-state index contributed by atoms with van der Waals surface area (Å²) in [4.78, 5) is 0. The van der Waals surface area contributed by atoms with E-state index in [4.69, 9.17) is 0 Å². The van der Waals surface area contributed by atoms with E-state index >= 15 is 0 Å². The van der Waals surface area contributed by atoms with Crippen LogP contribution in [0.25, 0.3) is 0 Å². The van der Waals surface area contributed by atoms with Gasteiger partial charge in [-0.15, -0.1) is 0 Å². The van der Waals surface area contributed by atoms with Gasteiger partial charge < -0.3 is 15.5 Å². The van der Waals surface area contributed by atoms with E-state index in [2.05, 4.69) is 10.0 Å². The minimum absolute atomic E-state index is 0.0589. The summed E-state index contributed by atoms with van der Waals surface area (Å²) >= 11 is 0. The van der Waals surface area contributed by atoms with Crippen molar-refractivity contribution in [2.45, 2.75) is 26.0 Å². The van der Waals surface area contributed by atoms with Crippen LogP contribution in [0.1, 0.15) is 25.5 Å². The minimum atomic E-state index is -3.48. The van der Waals surface area contributed by atoms with Crippen molar-refractivity contribution in [1.29, 1.82) is 0 Å². The minimum Gasteiger partial charge on any atom is -0.506 e. The SMILES string of the molecule is CC(C)NC[C@@H](O)c1ccc(O)c(NS(C)(=O)=O)c1. The third-order valence-electron chi connectivity index (χ3n) is 2.42. The van der Waals surface area contributed by atoms with Crippen LogP contribution in [0.2, 0.25) is 0 Å². The van der Waals surface area contributed by atoms with Crippen LogP contribution in [0.3, 0.4) is 0 Å². The lowest BCUT2D eigenvalue weighted by molar-refractivity contribution is 0.171. The van der Waals surface area contributed by atoms with E-state index in [0.29, 0.717) is 12.1 Å². The van der Waals surface area contributed by atoms with Crippen molar-refractivity contribution in [1.82, 2.24) is 5.32 Å². The second-order valence-electron chi connectivity index (χ2n) is 4.73. The molecule has 4 N–H and O–H groups in total. The van der Waals surface area contributed by atoms with Crippen molar-refractivity contribution >= 4 is 15.7 Å². The summed E-state index contributed by atoms with van der Waals surface area (Å²) in [5.74, 6) is -0.182. The van der Waals surface area contributed by atoms with E-state index < -0.39 is 16.1 Å². The summed E-state index contributed by atoms with van der Waals surface area (Å²) in [6.45, 7) is 4.27. The van der Waals surface area contributed by atoms with Crippen molar-refractivity contribution in [3.05, 3.63) is 23.8 Å². The Balaban J connectivity index is 2.89. The lowest BCUT2D eigenvalue weighted by Gasteiger charge is -2.16. The molecule has 0 spiro atoms. The first-order valence-electron chi connectivity index (χ1n) is 5.91. The molecule has 0 unspecified atom stereocenters. The van der Waals surface area contributed by atoms with Crippen molar-refractivity contribution < 1.29 is 18.6 Å². The Kier molecular flexibility index (Phi) is 5.16. The van der Waals surface area contributed by atoms with Gasteiger partial charge in [0.2, 0.25) is 10.0 Å². The van der Waals surface area contributed by atoms with Gasteiger partial charge >= 0.3 is 0 Å². The molecule has 6 nitrogen and oxygen atoms in total. The lowest BCUT2D eigenvalue weighted by atomic mass is 10.1. The predicted molar refractivity (Wildman–Crippen MR) is 74.7 cm³/mol. The summed E-state index contributed by atoms with van der Waals surface area (Å²) in [7, 11) is -3.48. The van der Waals surface area contributed by atoms with Gasteiger partial charge in [-0.1, -0.05) is 19.9 Å². The maximum atomic E-state index is 11.2. The molecule has 1 aromatic carbocycles. The second-order valence-corrected chi connectivity index (χ2v) is 6.48. The largest absolute Gasteiger partial charge is 0.506 e. The van der Waals surface area contributed by atoms with E-state index in [0.717, 1.165) is 6.26 Å². The number of benzene rings is 1. The second kappa shape index (κ2) is 6.23. The molecule has 0 aliphatic heterocycles. The molecule has 7 heteroatoms. The zero-order valence-electron chi connectivity index (χ0n) is 11.2. The molecule has 0 aliphatic carbocycles. The van der Waals surface area contributed by atoms with Crippen LogP contribution in [-0.2, 0) is 10.0 Å². The van der Waals surface area contributed by atoms with Crippen LogP contribution in [0, 0.1) is 0 Å². The molecule has 0 bridgehead atoms. The van der Waals surface area contributed by atoms with Crippen LogP contribution in [0.4, 0.5) is 5.69 Å². The van der Waals surface area contributed by atoms with E-state index in [1.165, 1.54) is 12.1 Å². The summed E-state index contributed by atoms with van der Waals surface area (Å²) in [6.07, 6.45) is 0.221. The zero-order chi connectivity index (χ0) is 14.6. The van der Waals surface area contributed by atoms with Crippen LogP contribution < -0.4 is 10.0 Å². The average molecular weight is 288 g/mol. The van der Waals surface area contributed by atoms with Gasteiger partial charge in [-0.25, -0.2) is 8.42 Å². The number of hydrogen-bond donors (Lipinski definition) is 4. The molecular formula is C12H20N2O4S. The Morgan fingerprint density at radius 1 is 1.32 bits per heavy atom. The number of aliphatic hydroxyl groups is 1. The number of rotatable bonds is 6. The normalized spacial score (nSPS) is 13.5. The molecule has 1 atom stereocenters. The Morgan fingerprint density at radius 2 is 1.95 bits per heavy atom. The monoisotopic (exact) mass is 288 g/mol. The first-order chi connectivity index (χ1) is 8.69. The third kappa shape index (κ3) is 5.46. The van der Waals surface area contributed by atoms with Gasteiger partial charge in [0, 0.05) is 12.6 Å². The number of aromatic hydroxyl groups is 1. The van der Waals surface area contributed by atoms with Crippen molar-refractivity contribution in [3.63, 3.8) is 0 Å². The first-order valence-corrected chi connectivity index (χ1v) is 7.80. The van der Waals surface area contributed by atoms with Crippen LogP contribution in [-0.4, -0.2) is 37.5 Å². The number of anilines is 1. The number of hydrogen-bond acceptors (Lipinski definition) is 5. The predicted octanol–water partition coefficient (Wildman–Crippen LogP) is 0.795. The van der Waals surface area contributed by atoms with Crippen molar-refractivity contribution in [3.8, 4) is 5.75 Å². The molecule has 0 aromatic heterocycles. The molecule has 0 fully saturated rings. The summed E-state index contributed by atoms with van der Waals surface area (Å²) in [6, 6.07) is 4.56. The Hall–Kier alpha value is -1.31. The standard InChI is InChI=1S/C12H20N2O4S/c1-8(2)13-7-12(16)9-4-5-11(15)10(6-9)14-19(3,17)18/h4-6,8,12-16H,7H2,1-3H3/t12-/m1/s1. The van der Waals surface area contributed by atoms with E-state index in [-0.39, 0.29) is 17.5 Å². The molecule has 0 amide bonds. The molecule has 19 heavy (non-hydrogen) atoms. The highest BCUT2D eigenvalue weighted by atomic mass is 32.2. The molecule has 0 heterocycles. The fraction of sp³-hybridized carbons (Fsp3) is 0.500. The molecule has 0 saturated heterocycles. The highest BCUT2D eigenvalue weighted by Crippen LogP contribution is 2.27. The van der Waals surface area contributed by atoms with Gasteiger partial charge in [0.25, 0.3) is 0 Å². The van der Waals surface area contributed by atoms with Crippen molar-refractivity contribution in [2.75, 3.05) is 17.5 Å². The smallest absolute Gasteiger partial charge is 0.229 e. The quantitative estimate of drug-likeness (QED) is 0.580. The maximum Gasteiger partial charge on any atom is 0.229 e. The molecule has 0 saturated carbocycles. The number of phenols is 1. The number of sulfonamides is 1.